The molecule has 1 aromatic rings. The van der Waals surface area contributed by atoms with Crippen LogP contribution < -0.4 is 0 Å². The Bertz CT molecular complexity index is 415. The van der Waals surface area contributed by atoms with Crippen LogP contribution in [0.25, 0.3) is 5.57 Å². The Morgan fingerprint density at radius 1 is 1.15 bits per heavy atom. The molecule has 0 saturated heterocycles. The predicted octanol–water partition coefficient (Wildman–Crippen LogP) is 3.55. The first-order chi connectivity index (χ1) is 6.17. The third-order valence-electron chi connectivity index (χ3n) is 2.05. The summed E-state index contributed by atoms with van der Waals surface area (Å²) in [6.07, 6.45) is 1.94. The summed E-state index contributed by atoms with van der Waals surface area (Å²) in [5, 5.41) is 0. The van der Waals surface area contributed by atoms with Gasteiger partial charge < -0.3 is 4.57 Å². The van der Waals surface area contributed by atoms with Crippen LogP contribution >= 0.6 is 7.14 Å². The first-order valence-electron chi connectivity index (χ1n) is 4.22. The minimum Gasteiger partial charge on any atom is -0.315 e. The van der Waals surface area contributed by atoms with Crippen molar-refractivity contribution in [2.75, 3.05) is 6.66 Å². The van der Waals surface area contributed by atoms with Gasteiger partial charge in [0.25, 0.3) is 0 Å². The van der Waals surface area contributed by atoms with Crippen LogP contribution in [0.1, 0.15) is 5.56 Å². The Morgan fingerprint density at radius 3 is 2.38 bits per heavy atom. The number of benzene rings is 1. The van der Waals surface area contributed by atoms with Crippen molar-refractivity contribution in [3.05, 3.63) is 53.6 Å². The van der Waals surface area contributed by atoms with Gasteiger partial charge in [0.1, 0.15) is 7.14 Å². The van der Waals surface area contributed by atoms with Crippen molar-refractivity contribution >= 4 is 12.7 Å². The molecule has 2 heteroatoms. The molecule has 0 fully saturated rings. The van der Waals surface area contributed by atoms with E-state index in [-0.39, 0.29) is 0 Å². The monoisotopic (exact) mass is 190 g/mol. The summed E-state index contributed by atoms with van der Waals surface area (Å²) >= 11 is 0. The lowest BCUT2D eigenvalue weighted by atomic mass is 10.1. The van der Waals surface area contributed by atoms with Crippen molar-refractivity contribution < 1.29 is 4.57 Å². The van der Waals surface area contributed by atoms with Crippen molar-refractivity contribution in [1.29, 1.82) is 0 Å². The highest BCUT2D eigenvalue weighted by Gasteiger charge is 2.14. The van der Waals surface area contributed by atoms with E-state index in [0.29, 0.717) is 0 Å². The first kappa shape index (κ1) is 8.52. The molecule has 0 N–H and O–H groups in total. The van der Waals surface area contributed by atoms with Crippen LogP contribution in [0, 0.1) is 0 Å². The van der Waals surface area contributed by atoms with Crippen LogP contribution in [-0.2, 0) is 4.57 Å². The molecule has 1 aliphatic heterocycles. The lowest BCUT2D eigenvalue weighted by Crippen LogP contribution is -1.75. The highest BCUT2D eigenvalue weighted by Crippen LogP contribution is 2.51. The maximum absolute atomic E-state index is 11.6. The lowest BCUT2D eigenvalue weighted by Gasteiger charge is -1.98. The molecule has 0 saturated carbocycles. The summed E-state index contributed by atoms with van der Waals surface area (Å²) in [5.74, 6) is 3.66. The Labute approximate surface area is 78.2 Å². The average molecular weight is 190 g/mol. The number of rotatable bonds is 1. The van der Waals surface area contributed by atoms with E-state index >= 15 is 0 Å². The van der Waals surface area contributed by atoms with Gasteiger partial charge in [0.15, 0.2) is 0 Å². The van der Waals surface area contributed by atoms with E-state index in [4.69, 9.17) is 0 Å². The van der Waals surface area contributed by atoms with Crippen LogP contribution in [-0.4, -0.2) is 6.66 Å². The summed E-state index contributed by atoms with van der Waals surface area (Å²) in [5.41, 5.74) is 2.21. The quantitative estimate of drug-likeness (QED) is 0.619. The molecule has 0 radical (unpaired) electrons. The van der Waals surface area contributed by atoms with Gasteiger partial charge in [0.2, 0.25) is 0 Å². The molecule has 0 aromatic heterocycles. The SMILES string of the molecule is CP1(=O)C=CC(c2ccccc2)=C1. The van der Waals surface area contributed by atoms with Crippen LogP contribution in [0.15, 0.2) is 48.0 Å². The van der Waals surface area contributed by atoms with Gasteiger partial charge in [-0.05, 0) is 29.4 Å². The topological polar surface area (TPSA) is 17.1 Å². The first-order valence-corrected chi connectivity index (χ1v) is 6.51. The largest absolute Gasteiger partial charge is 0.315 e. The Balaban J connectivity index is 2.42. The Morgan fingerprint density at radius 2 is 1.85 bits per heavy atom. The van der Waals surface area contributed by atoms with Crippen LogP contribution in [0.2, 0.25) is 0 Å². The van der Waals surface area contributed by atoms with E-state index < -0.39 is 7.14 Å². The summed E-state index contributed by atoms with van der Waals surface area (Å²) in [4.78, 5) is 0. The third kappa shape index (κ3) is 1.81. The summed E-state index contributed by atoms with van der Waals surface area (Å²) in [6.45, 7) is 1.78. The second-order valence-electron chi connectivity index (χ2n) is 3.33. The van der Waals surface area contributed by atoms with E-state index in [1.807, 2.05) is 42.2 Å². The highest BCUT2D eigenvalue weighted by molar-refractivity contribution is 7.70. The van der Waals surface area contributed by atoms with Gasteiger partial charge >= 0.3 is 0 Å². The summed E-state index contributed by atoms with van der Waals surface area (Å²) < 4.78 is 11.6. The molecule has 1 unspecified atom stereocenters. The van der Waals surface area contributed by atoms with Gasteiger partial charge in [0, 0.05) is 0 Å². The minimum absolute atomic E-state index is 1.08. The molecule has 66 valence electrons. The molecule has 0 spiro atoms. The van der Waals surface area contributed by atoms with Gasteiger partial charge in [-0.1, -0.05) is 36.4 Å². The fourth-order valence-electron chi connectivity index (χ4n) is 1.39. The molecular formula is C11H11OP. The Kier molecular flexibility index (Phi) is 1.97. The predicted molar refractivity (Wildman–Crippen MR) is 57.1 cm³/mol. The second-order valence-corrected chi connectivity index (χ2v) is 6.00. The summed E-state index contributed by atoms with van der Waals surface area (Å²) in [7, 11) is -2.11. The van der Waals surface area contributed by atoms with Crippen molar-refractivity contribution in [3.8, 4) is 0 Å². The zero-order valence-electron chi connectivity index (χ0n) is 7.47. The van der Waals surface area contributed by atoms with Gasteiger partial charge in [-0.15, -0.1) is 0 Å². The molecule has 1 aromatic carbocycles. The molecule has 0 amide bonds. The van der Waals surface area contributed by atoms with E-state index in [0.717, 1.165) is 11.1 Å². The van der Waals surface area contributed by atoms with Crippen molar-refractivity contribution in [3.63, 3.8) is 0 Å². The molecule has 1 aliphatic rings. The van der Waals surface area contributed by atoms with Gasteiger partial charge in [0.05, 0.1) is 0 Å². The van der Waals surface area contributed by atoms with Crippen molar-refractivity contribution in [2.45, 2.75) is 0 Å². The zero-order chi connectivity index (χ0) is 9.31. The van der Waals surface area contributed by atoms with E-state index in [1.165, 1.54) is 0 Å². The van der Waals surface area contributed by atoms with Crippen molar-refractivity contribution in [2.24, 2.45) is 0 Å². The van der Waals surface area contributed by atoms with Crippen molar-refractivity contribution in [1.82, 2.24) is 0 Å². The molecule has 1 heterocycles. The number of hydrogen-bond donors (Lipinski definition) is 0. The zero-order valence-corrected chi connectivity index (χ0v) is 8.37. The van der Waals surface area contributed by atoms with E-state index in [1.54, 1.807) is 12.5 Å². The smallest absolute Gasteiger partial charge is 0.127 e. The van der Waals surface area contributed by atoms with E-state index in [2.05, 4.69) is 0 Å². The normalized spacial score (nSPS) is 26.1. The fourth-order valence-corrected chi connectivity index (χ4v) is 2.72. The standard InChI is InChI=1S/C11H11OP/c1-13(12)8-7-11(9-13)10-5-3-2-4-6-10/h2-9H,1H3. The lowest BCUT2D eigenvalue weighted by molar-refractivity contribution is 0.590. The number of hydrogen-bond acceptors (Lipinski definition) is 1. The maximum Gasteiger partial charge on any atom is 0.127 e. The molecule has 1 nitrogen and oxygen atoms in total. The molecule has 0 bridgehead atoms. The number of allylic oxidation sites excluding steroid dienone is 2. The third-order valence-corrected chi connectivity index (χ3v) is 3.58. The Hall–Kier alpha value is -1.07. The van der Waals surface area contributed by atoms with Gasteiger partial charge in [-0.3, -0.25) is 0 Å². The molecule has 13 heavy (non-hydrogen) atoms. The molecule has 0 aliphatic carbocycles. The molecule has 1 atom stereocenters. The van der Waals surface area contributed by atoms with Gasteiger partial charge in [-0.2, -0.15) is 0 Å². The highest BCUT2D eigenvalue weighted by atomic mass is 31.2. The second kappa shape index (κ2) is 3.01. The van der Waals surface area contributed by atoms with Crippen LogP contribution in [0.5, 0.6) is 0 Å². The maximum atomic E-state index is 11.6. The van der Waals surface area contributed by atoms with Crippen LogP contribution in [0.3, 0.4) is 0 Å². The summed E-state index contributed by atoms with van der Waals surface area (Å²) in [6, 6.07) is 10.0. The van der Waals surface area contributed by atoms with E-state index in [9.17, 15) is 4.57 Å². The minimum atomic E-state index is -2.11. The molecule has 2 rings (SSSR count). The fraction of sp³-hybridized carbons (Fsp3) is 0.0909. The average Bonchev–Trinajstić information content (AvgIpc) is 2.48. The molecular weight excluding hydrogens is 179 g/mol. The van der Waals surface area contributed by atoms with Crippen LogP contribution in [0.4, 0.5) is 0 Å². The van der Waals surface area contributed by atoms with Gasteiger partial charge in [-0.25, -0.2) is 0 Å².